The van der Waals surface area contributed by atoms with E-state index >= 15 is 0 Å². The van der Waals surface area contributed by atoms with Crippen LogP contribution in [0, 0.1) is 0 Å². The van der Waals surface area contributed by atoms with Crippen LogP contribution in [0.15, 0.2) is 16.7 Å². The van der Waals surface area contributed by atoms with E-state index in [-0.39, 0.29) is 0 Å². The maximum atomic E-state index is 6.20. The van der Waals surface area contributed by atoms with Crippen molar-refractivity contribution < 1.29 is 4.74 Å². The molecule has 0 bridgehead atoms. The molecule has 0 aromatic carbocycles. The molecule has 0 aliphatic carbocycles. The number of piperidine rings is 1. The molecule has 0 spiro atoms. The van der Waals surface area contributed by atoms with Crippen molar-refractivity contribution in [2.24, 2.45) is 5.73 Å². The maximum Gasteiger partial charge on any atom is 0.147 e. The first-order valence-corrected chi connectivity index (χ1v) is 7.25. The van der Waals surface area contributed by atoms with Crippen LogP contribution in [0.25, 0.3) is 0 Å². The molecular weight excluding hydrogens is 318 g/mol. The number of pyridine rings is 1. The summed E-state index contributed by atoms with van der Waals surface area (Å²) in [4.78, 5) is 6.58. The number of ether oxygens (including phenoxy) is 1. The van der Waals surface area contributed by atoms with Gasteiger partial charge < -0.3 is 15.4 Å². The summed E-state index contributed by atoms with van der Waals surface area (Å²) in [5.74, 6) is 0.858. The quantitative estimate of drug-likeness (QED) is 0.919. The number of halogens is 2. The molecule has 1 aromatic heterocycles. The molecule has 2 heterocycles. The van der Waals surface area contributed by atoms with Gasteiger partial charge in [-0.1, -0.05) is 11.6 Å². The fraction of sp³-hybridized carbons (Fsp3) is 0.583. The van der Waals surface area contributed by atoms with E-state index in [1.807, 2.05) is 6.07 Å². The van der Waals surface area contributed by atoms with Crippen molar-refractivity contribution in [1.29, 1.82) is 0 Å². The number of anilines is 1. The van der Waals surface area contributed by atoms with Gasteiger partial charge in [0, 0.05) is 30.3 Å². The van der Waals surface area contributed by atoms with Crippen LogP contribution in [-0.2, 0) is 4.74 Å². The van der Waals surface area contributed by atoms with Crippen molar-refractivity contribution in [2.45, 2.75) is 18.9 Å². The molecule has 6 heteroatoms. The van der Waals surface area contributed by atoms with E-state index < -0.39 is 0 Å². The second-order valence-corrected chi connectivity index (χ2v) is 5.63. The van der Waals surface area contributed by atoms with Crippen LogP contribution >= 0.6 is 27.5 Å². The number of nitrogens with two attached hydrogens (primary N) is 1. The molecule has 4 nitrogen and oxygen atoms in total. The van der Waals surface area contributed by atoms with Crippen LogP contribution in [-0.4, -0.2) is 37.3 Å². The molecule has 0 radical (unpaired) electrons. The Hall–Kier alpha value is -0.360. The van der Waals surface area contributed by atoms with Gasteiger partial charge in [-0.2, -0.15) is 0 Å². The minimum Gasteiger partial charge on any atom is -0.377 e. The smallest absolute Gasteiger partial charge is 0.147 e. The fourth-order valence-corrected chi connectivity index (χ4v) is 2.86. The first kappa shape index (κ1) is 14.1. The Morgan fingerprint density at radius 3 is 2.83 bits per heavy atom. The summed E-state index contributed by atoms with van der Waals surface area (Å²) in [6.07, 6.45) is 4.08. The molecule has 0 atom stereocenters. The summed E-state index contributed by atoms with van der Waals surface area (Å²) in [6, 6.07) is 1.88. The molecule has 1 saturated heterocycles. The van der Waals surface area contributed by atoms with Crippen molar-refractivity contribution in [3.05, 3.63) is 21.8 Å². The SMILES string of the molecule is NCCOC1CCN(c2ncc(Br)cc2Cl)CC1. The lowest BCUT2D eigenvalue weighted by Crippen LogP contribution is -2.38. The maximum absolute atomic E-state index is 6.20. The third kappa shape index (κ3) is 3.57. The van der Waals surface area contributed by atoms with E-state index in [4.69, 9.17) is 22.1 Å². The second-order valence-electron chi connectivity index (χ2n) is 4.30. The lowest BCUT2D eigenvalue weighted by atomic mass is 10.1. The summed E-state index contributed by atoms with van der Waals surface area (Å²) < 4.78 is 6.55. The van der Waals surface area contributed by atoms with Gasteiger partial charge in [0.05, 0.1) is 17.7 Å². The predicted octanol–water partition coefficient (Wildman–Crippen LogP) is 2.44. The van der Waals surface area contributed by atoms with Crippen molar-refractivity contribution in [3.63, 3.8) is 0 Å². The normalized spacial score (nSPS) is 17.2. The van der Waals surface area contributed by atoms with Crippen LogP contribution in [0.1, 0.15) is 12.8 Å². The summed E-state index contributed by atoms with van der Waals surface area (Å²) in [7, 11) is 0. The topological polar surface area (TPSA) is 51.4 Å². The van der Waals surface area contributed by atoms with Gasteiger partial charge >= 0.3 is 0 Å². The molecule has 0 saturated carbocycles. The molecule has 100 valence electrons. The van der Waals surface area contributed by atoms with Crippen LogP contribution in [0.2, 0.25) is 5.02 Å². The van der Waals surface area contributed by atoms with Crippen LogP contribution < -0.4 is 10.6 Å². The number of rotatable bonds is 4. The van der Waals surface area contributed by atoms with Gasteiger partial charge in [0.2, 0.25) is 0 Å². The van der Waals surface area contributed by atoms with Crippen molar-refractivity contribution in [1.82, 2.24) is 4.98 Å². The molecule has 1 aromatic rings. The van der Waals surface area contributed by atoms with Gasteiger partial charge in [-0.3, -0.25) is 0 Å². The van der Waals surface area contributed by atoms with E-state index in [0.29, 0.717) is 24.3 Å². The average Bonchev–Trinajstić information content (AvgIpc) is 2.37. The highest BCUT2D eigenvalue weighted by molar-refractivity contribution is 9.10. The zero-order valence-corrected chi connectivity index (χ0v) is 12.5. The number of hydrogen-bond donors (Lipinski definition) is 1. The third-order valence-corrected chi connectivity index (χ3v) is 3.71. The Balaban J connectivity index is 1.93. The Morgan fingerprint density at radius 2 is 2.22 bits per heavy atom. The Kier molecular flexibility index (Phi) is 5.24. The highest BCUT2D eigenvalue weighted by Gasteiger charge is 2.21. The molecular formula is C12H17BrClN3O. The molecule has 1 aliphatic heterocycles. The second kappa shape index (κ2) is 6.70. The minimum absolute atomic E-state index is 0.319. The van der Waals surface area contributed by atoms with E-state index in [1.54, 1.807) is 6.20 Å². The number of hydrogen-bond acceptors (Lipinski definition) is 4. The summed E-state index contributed by atoms with van der Waals surface area (Å²) >= 11 is 9.56. The molecule has 18 heavy (non-hydrogen) atoms. The molecule has 0 amide bonds. The van der Waals surface area contributed by atoms with Gasteiger partial charge in [-0.05, 0) is 34.8 Å². The largest absolute Gasteiger partial charge is 0.377 e. The van der Waals surface area contributed by atoms with E-state index in [9.17, 15) is 0 Å². The van der Waals surface area contributed by atoms with Gasteiger partial charge in [0.25, 0.3) is 0 Å². The van der Waals surface area contributed by atoms with Crippen LogP contribution in [0.3, 0.4) is 0 Å². The Morgan fingerprint density at radius 1 is 1.50 bits per heavy atom. The first-order chi connectivity index (χ1) is 8.70. The monoisotopic (exact) mass is 333 g/mol. The lowest BCUT2D eigenvalue weighted by Gasteiger charge is -2.33. The van der Waals surface area contributed by atoms with Crippen LogP contribution in [0.5, 0.6) is 0 Å². The van der Waals surface area contributed by atoms with E-state index in [2.05, 4.69) is 25.8 Å². The Bertz CT molecular complexity index is 397. The summed E-state index contributed by atoms with van der Waals surface area (Å²) in [6.45, 7) is 3.06. The van der Waals surface area contributed by atoms with Crippen molar-refractivity contribution in [2.75, 3.05) is 31.1 Å². The fourth-order valence-electron chi connectivity index (χ4n) is 2.11. The van der Waals surface area contributed by atoms with Crippen molar-refractivity contribution in [3.8, 4) is 0 Å². The zero-order valence-electron chi connectivity index (χ0n) is 10.1. The average molecular weight is 335 g/mol. The minimum atomic E-state index is 0.319. The van der Waals surface area contributed by atoms with Gasteiger partial charge in [0.15, 0.2) is 0 Å². The highest BCUT2D eigenvalue weighted by atomic mass is 79.9. The first-order valence-electron chi connectivity index (χ1n) is 6.08. The molecule has 1 aliphatic rings. The molecule has 0 unspecified atom stereocenters. The van der Waals surface area contributed by atoms with Gasteiger partial charge in [-0.15, -0.1) is 0 Å². The Labute approximate surface area is 121 Å². The lowest BCUT2D eigenvalue weighted by molar-refractivity contribution is 0.0421. The summed E-state index contributed by atoms with van der Waals surface area (Å²) in [5.41, 5.74) is 5.43. The van der Waals surface area contributed by atoms with Gasteiger partial charge in [-0.25, -0.2) is 4.98 Å². The van der Waals surface area contributed by atoms with Crippen LogP contribution in [0.4, 0.5) is 5.82 Å². The molecule has 1 fully saturated rings. The van der Waals surface area contributed by atoms with Crippen molar-refractivity contribution >= 4 is 33.3 Å². The highest BCUT2D eigenvalue weighted by Crippen LogP contribution is 2.28. The predicted molar refractivity (Wildman–Crippen MR) is 77.2 cm³/mol. The standard InChI is InChI=1S/C12H17BrClN3O/c13-9-7-11(14)12(16-8-9)17-4-1-10(2-5-17)18-6-3-15/h7-8,10H,1-6,15H2. The summed E-state index contributed by atoms with van der Waals surface area (Å²) in [5, 5.41) is 0.686. The number of aromatic nitrogens is 1. The third-order valence-electron chi connectivity index (χ3n) is 3.00. The van der Waals surface area contributed by atoms with E-state index in [0.717, 1.165) is 36.2 Å². The van der Waals surface area contributed by atoms with Gasteiger partial charge in [0.1, 0.15) is 5.82 Å². The molecule has 2 rings (SSSR count). The number of nitrogens with zero attached hydrogens (tertiary/aromatic N) is 2. The van der Waals surface area contributed by atoms with E-state index in [1.165, 1.54) is 0 Å². The zero-order chi connectivity index (χ0) is 13.0. The molecule has 2 N–H and O–H groups in total.